The minimum Gasteiger partial charge on any atom is -0.475 e. The maximum atomic E-state index is 10.6. The second kappa shape index (κ2) is 7.95. The van der Waals surface area contributed by atoms with Crippen molar-refractivity contribution in [1.29, 1.82) is 0 Å². The number of halogens is 3. The van der Waals surface area contributed by atoms with Gasteiger partial charge in [0.05, 0.1) is 0 Å². The Balaban J connectivity index is 0.000000295. The Morgan fingerprint density at radius 2 is 1.77 bits per heavy atom. The van der Waals surface area contributed by atoms with Gasteiger partial charge in [-0.05, 0) is 46.0 Å². The van der Waals surface area contributed by atoms with Crippen LogP contribution in [0.2, 0.25) is 0 Å². The van der Waals surface area contributed by atoms with Crippen LogP contribution in [0.15, 0.2) is 41.1 Å². The van der Waals surface area contributed by atoms with Gasteiger partial charge >= 0.3 is 12.1 Å². The molecule has 3 N–H and O–H groups in total. The number of carboxylic acids is 1. The van der Waals surface area contributed by atoms with Gasteiger partial charge in [-0.15, -0.1) is 0 Å². The molecule has 1 atom stereocenters. The van der Waals surface area contributed by atoms with E-state index in [2.05, 4.69) is 48.0 Å². The molecule has 2 rings (SSSR count). The van der Waals surface area contributed by atoms with Crippen LogP contribution >= 0.6 is 11.3 Å². The fraction of sp³-hybridized carbons (Fsp3) is 0.267. The summed E-state index contributed by atoms with van der Waals surface area (Å²) in [5.74, 6) is -2.31. The van der Waals surface area contributed by atoms with Crippen molar-refractivity contribution < 1.29 is 23.1 Å². The van der Waals surface area contributed by atoms with E-state index in [0.29, 0.717) is 12.5 Å². The third-order valence-corrected chi connectivity index (χ3v) is 3.61. The van der Waals surface area contributed by atoms with Crippen molar-refractivity contribution in [1.82, 2.24) is 0 Å². The van der Waals surface area contributed by atoms with Crippen LogP contribution in [0.25, 0.3) is 11.1 Å². The molecule has 1 heterocycles. The number of carbonyl (C=O) groups is 1. The van der Waals surface area contributed by atoms with Crippen LogP contribution in [0.4, 0.5) is 13.2 Å². The molecule has 22 heavy (non-hydrogen) atoms. The third kappa shape index (κ3) is 5.50. The minimum absolute atomic E-state index is 0.446. The van der Waals surface area contributed by atoms with Crippen molar-refractivity contribution in [3.8, 4) is 11.1 Å². The molecule has 7 heteroatoms. The summed E-state index contributed by atoms with van der Waals surface area (Å²) in [5.41, 5.74) is 9.53. The SMILES string of the molecule is CC(CN)c1ccc(-c2ccsc2)cc1.O=C(O)C(F)(F)F. The lowest BCUT2D eigenvalue weighted by Crippen LogP contribution is -2.21. The lowest BCUT2D eigenvalue weighted by Gasteiger charge is -2.09. The molecule has 0 amide bonds. The largest absolute Gasteiger partial charge is 0.490 e. The first-order valence-corrected chi connectivity index (χ1v) is 7.32. The Bertz CT molecular complexity index is 580. The molecule has 0 aliphatic heterocycles. The summed E-state index contributed by atoms with van der Waals surface area (Å²) >= 11 is 1.73. The van der Waals surface area contributed by atoms with E-state index >= 15 is 0 Å². The summed E-state index contributed by atoms with van der Waals surface area (Å²) in [6.45, 7) is 2.86. The number of aliphatic carboxylic acids is 1. The van der Waals surface area contributed by atoms with Gasteiger partial charge in [-0.2, -0.15) is 24.5 Å². The smallest absolute Gasteiger partial charge is 0.475 e. The molecule has 1 aromatic heterocycles. The summed E-state index contributed by atoms with van der Waals surface area (Å²) in [4.78, 5) is 8.90. The van der Waals surface area contributed by atoms with Crippen LogP contribution < -0.4 is 5.73 Å². The maximum Gasteiger partial charge on any atom is 0.490 e. The second-order valence-corrected chi connectivity index (χ2v) is 5.35. The van der Waals surface area contributed by atoms with E-state index in [0.717, 1.165) is 0 Å². The number of alkyl halides is 3. The summed E-state index contributed by atoms with van der Waals surface area (Å²) in [6.07, 6.45) is -5.08. The summed E-state index contributed by atoms with van der Waals surface area (Å²) in [7, 11) is 0. The fourth-order valence-corrected chi connectivity index (χ4v) is 2.23. The van der Waals surface area contributed by atoms with Gasteiger partial charge in [-0.25, -0.2) is 4.79 Å². The Morgan fingerprint density at radius 1 is 1.23 bits per heavy atom. The first-order valence-electron chi connectivity index (χ1n) is 6.38. The Hall–Kier alpha value is -1.86. The van der Waals surface area contributed by atoms with Crippen molar-refractivity contribution in [3.63, 3.8) is 0 Å². The van der Waals surface area contributed by atoms with E-state index in [-0.39, 0.29) is 0 Å². The summed E-state index contributed by atoms with van der Waals surface area (Å²) < 4.78 is 31.7. The molecule has 0 radical (unpaired) electrons. The molecule has 120 valence electrons. The molecule has 0 fully saturated rings. The number of benzene rings is 1. The number of rotatable bonds is 3. The van der Waals surface area contributed by atoms with E-state index in [1.54, 1.807) is 11.3 Å². The molecule has 0 saturated heterocycles. The Kier molecular flexibility index (Phi) is 6.58. The van der Waals surface area contributed by atoms with Gasteiger partial charge < -0.3 is 10.8 Å². The first-order chi connectivity index (χ1) is 10.3. The monoisotopic (exact) mass is 331 g/mol. The first kappa shape index (κ1) is 18.2. The maximum absolute atomic E-state index is 10.6. The number of hydrogen-bond acceptors (Lipinski definition) is 3. The molecule has 1 aromatic carbocycles. The molecule has 0 aliphatic rings. The third-order valence-electron chi connectivity index (χ3n) is 2.93. The van der Waals surface area contributed by atoms with Crippen molar-refractivity contribution in [2.75, 3.05) is 6.54 Å². The predicted octanol–water partition coefficient (Wildman–Crippen LogP) is 4.11. The van der Waals surface area contributed by atoms with Crippen molar-refractivity contribution in [2.45, 2.75) is 19.0 Å². The van der Waals surface area contributed by atoms with Gasteiger partial charge in [0.1, 0.15) is 0 Å². The zero-order valence-corrected chi connectivity index (χ0v) is 12.6. The molecular weight excluding hydrogens is 315 g/mol. The molecule has 0 spiro atoms. The lowest BCUT2D eigenvalue weighted by molar-refractivity contribution is -0.192. The van der Waals surface area contributed by atoms with Gasteiger partial charge in [-0.1, -0.05) is 31.2 Å². The number of thiophene rings is 1. The summed E-state index contributed by atoms with van der Waals surface area (Å²) in [6, 6.07) is 10.8. The predicted molar refractivity (Wildman–Crippen MR) is 80.9 cm³/mol. The standard InChI is InChI=1S/C13H15NS.C2HF3O2/c1-10(8-14)11-2-4-12(5-3-11)13-6-7-15-9-13;3-2(4,5)1(6)7/h2-7,9-10H,8,14H2,1H3;(H,6,7). The van der Waals surface area contributed by atoms with Gasteiger partial charge in [-0.3, -0.25) is 0 Å². The van der Waals surface area contributed by atoms with E-state index in [4.69, 9.17) is 15.6 Å². The molecule has 0 aliphatic carbocycles. The van der Waals surface area contributed by atoms with Gasteiger partial charge in [0.15, 0.2) is 0 Å². The van der Waals surface area contributed by atoms with Crippen LogP contribution in [0, 0.1) is 0 Å². The summed E-state index contributed by atoms with van der Waals surface area (Å²) in [5, 5.41) is 11.4. The molecular formula is C15H16F3NO2S. The highest BCUT2D eigenvalue weighted by Gasteiger charge is 2.38. The number of nitrogens with two attached hydrogens (primary N) is 1. The quantitative estimate of drug-likeness (QED) is 0.889. The molecule has 3 nitrogen and oxygen atoms in total. The van der Waals surface area contributed by atoms with Crippen molar-refractivity contribution in [2.24, 2.45) is 5.73 Å². The Morgan fingerprint density at radius 3 is 2.14 bits per heavy atom. The van der Waals surface area contributed by atoms with E-state index < -0.39 is 12.1 Å². The normalized spacial score (nSPS) is 12.2. The van der Waals surface area contributed by atoms with Crippen LogP contribution in [0.5, 0.6) is 0 Å². The molecule has 2 aromatic rings. The van der Waals surface area contributed by atoms with Gasteiger partial charge in [0.2, 0.25) is 0 Å². The van der Waals surface area contributed by atoms with Gasteiger partial charge in [0, 0.05) is 0 Å². The van der Waals surface area contributed by atoms with Crippen LogP contribution in [0.3, 0.4) is 0 Å². The van der Waals surface area contributed by atoms with E-state index in [9.17, 15) is 13.2 Å². The molecule has 0 saturated carbocycles. The molecule has 1 unspecified atom stereocenters. The van der Waals surface area contributed by atoms with E-state index in [1.807, 2.05) is 0 Å². The zero-order chi connectivity index (χ0) is 16.8. The van der Waals surface area contributed by atoms with Gasteiger partial charge in [0.25, 0.3) is 0 Å². The fourth-order valence-electron chi connectivity index (χ4n) is 1.57. The average molecular weight is 331 g/mol. The number of hydrogen-bond donors (Lipinski definition) is 2. The van der Waals surface area contributed by atoms with Crippen LogP contribution in [-0.4, -0.2) is 23.8 Å². The van der Waals surface area contributed by atoms with E-state index in [1.165, 1.54) is 16.7 Å². The average Bonchev–Trinajstić information content (AvgIpc) is 3.00. The minimum atomic E-state index is -5.08. The lowest BCUT2D eigenvalue weighted by atomic mass is 9.99. The second-order valence-electron chi connectivity index (χ2n) is 4.57. The number of carboxylic acid groups (broad SMARTS) is 1. The zero-order valence-electron chi connectivity index (χ0n) is 11.8. The highest BCUT2D eigenvalue weighted by Crippen LogP contribution is 2.24. The van der Waals surface area contributed by atoms with Crippen molar-refractivity contribution in [3.05, 3.63) is 46.7 Å². The topological polar surface area (TPSA) is 63.3 Å². The highest BCUT2D eigenvalue weighted by atomic mass is 32.1. The van der Waals surface area contributed by atoms with Crippen molar-refractivity contribution >= 4 is 17.3 Å². The van der Waals surface area contributed by atoms with Crippen LogP contribution in [0.1, 0.15) is 18.4 Å². The highest BCUT2D eigenvalue weighted by molar-refractivity contribution is 7.08. The molecule has 0 bridgehead atoms. The van der Waals surface area contributed by atoms with Crippen LogP contribution in [-0.2, 0) is 4.79 Å². The Labute approximate surface area is 130 Å².